The summed E-state index contributed by atoms with van der Waals surface area (Å²) in [5, 5.41) is 3.20. The maximum Gasteiger partial charge on any atom is 0.226 e. The van der Waals surface area contributed by atoms with Crippen molar-refractivity contribution in [1.82, 2.24) is 5.32 Å². The van der Waals surface area contributed by atoms with Crippen LogP contribution in [0, 0.1) is 28.6 Å². The van der Waals surface area contributed by atoms with E-state index in [0.717, 1.165) is 24.8 Å². The molecular weight excluding hydrogens is 334 g/mol. The summed E-state index contributed by atoms with van der Waals surface area (Å²) in [5.41, 5.74) is 2.11. The second-order valence-electron chi connectivity index (χ2n) is 9.18. The van der Waals surface area contributed by atoms with E-state index < -0.39 is 0 Å². The van der Waals surface area contributed by atoms with Gasteiger partial charge in [0.15, 0.2) is 0 Å². The van der Waals surface area contributed by atoms with Crippen molar-refractivity contribution in [3.63, 3.8) is 0 Å². The van der Waals surface area contributed by atoms with Crippen LogP contribution in [0.5, 0.6) is 0 Å². The molecule has 0 radical (unpaired) electrons. The lowest BCUT2D eigenvalue weighted by Gasteiger charge is -2.57. The number of nitrogens with one attached hydrogen (secondary N) is 1. The zero-order chi connectivity index (χ0) is 16.6. The Kier molecular flexibility index (Phi) is 3.50. The van der Waals surface area contributed by atoms with Crippen LogP contribution in [-0.4, -0.2) is 28.0 Å². The molecule has 2 saturated carbocycles. The van der Waals surface area contributed by atoms with Crippen molar-refractivity contribution >= 4 is 29.4 Å². The summed E-state index contributed by atoms with van der Waals surface area (Å²) in [6.45, 7) is 5.74. The van der Waals surface area contributed by atoms with E-state index >= 15 is 0 Å². The van der Waals surface area contributed by atoms with Crippen LogP contribution in [0.3, 0.4) is 0 Å². The maximum absolute atomic E-state index is 12.4. The van der Waals surface area contributed by atoms with E-state index in [1.54, 1.807) is 5.57 Å². The molecule has 0 aromatic heterocycles. The van der Waals surface area contributed by atoms with E-state index in [4.69, 9.17) is 0 Å². The third-order valence-corrected chi connectivity index (χ3v) is 11.7. The fourth-order valence-corrected chi connectivity index (χ4v) is 9.90. The van der Waals surface area contributed by atoms with Gasteiger partial charge in [0.1, 0.15) is 0 Å². The molecule has 5 aliphatic rings. The second-order valence-corrected chi connectivity index (χ2v) is 12.3. The van der Waals surface area contributed by atoms with Gasteiger partial charge in [-0.05, 0) is 61.7 Å². The predicted octanol–water partition coefficient (Wildman–Crippen LogP) is 4.46. The number of carbonyl (C=O) groups is 1. The number of amides is 1. The molecule has 1 amide bonds. The molecule has 2 nitrogen and oxygen atoms in total. The van der Waals surface area contributed by atoms with Gasteiger partial charge in [0.05, 0.1) is 9.49 Å². The van der Waals surface area contributed by atoms with Crippen LogP contribution >= 0.6 is 23.5 Å². The molecule has 0 unspecified atom stereocenters. The molecule has 1 spiro atoms. The molecule has 2 heterocycles. The van der Waals surface area contributed by atoms with Crippen molar-refractivity contribution in [3.05, 3.63) is 11.6 Å². The molecule has 5 atom stereocenters. The highest BCUT2D eigenvalue weighted by Gasteiger charge is 2.60. The van der Waals surface area contributed by atoms with E-state index in [1.165, 1.54) is 43.6 Å². The number of rotatable bonds is 0. The zero-order valence-electron chi connectivity index (χ0n) is 14.9. The van der Waals surface area contributed by atoms with Crippen molar-refractivity contribution in [2.75, 3.05) is 18.1 Å². The first-order chi connectivity index (χ1) is 11.5. The lowest BCUT2D eigenvalue weighted by atomic mass is 9.47. The number of hydrogen-bond donors (Lipinski definition) is 1. The first-order valence-electron chi connectivity index (χ1n) is 9.75. The second kappa shape index (κ2) is 5.22. The standard InChI is InChI=1S/C20H29NOS2/c1-18-7-8-20(23-9-10-24-20)11-13(18)3-4-14-15(18)5-6-19(2)16(14)12-21-17(19)22/h11,14-16H,3-10,12H2,1-2H3,(H,21,22)/t14-,15+,16+,18+,19+/m1/s1. The molecule has 2 saturated heterocycles. The van der Waals surface area contributed by atoms with E-state index in [1.807, 2.05) is 0 Å². The largest absolute Gasteiger partial charge is 0.355 e. The molecule has 5 rings (SSSR count). The van der Waals surface area contributed by atoms with E-state index in [2.05, 4.69) is 48.8 Å². The van der Waals surface area contributed by atoms with Crippen molar-refractivity contribution in [2.45, 2.75) is 56.5 Å². The lowest BCUT2D eigenvalue weighted by molar-refractivity contribution is -0.133. The summed E-state index contributed by atoms with van der Waals surface area (Å²) in [4.78, 5) is 12.4. The Labute approximate surface area is 154 Å². The van der Waals surface area contributed by atoms with Gasteiger partial charge in [-0.1, -0.05) is 25.5 Å². The molecule has 0 bridgehead atoms. The average molecular weight is 364 g/mol. The maximum atomic E-state index is 12.4. The average Bonchev–Trinajstić information content (AvgIpc) is 3.14. The number of carbonyl (C=O) groups excluding carboxylic acids is 1. The Morgan fingerprint density at radius 1 is 1.04 bits per heavy atom. The van der Waals surface area contributed by atoms with Crippen LogP contribution in [0.25, 0.3) is 0 Å². The zero-order valence-corrected chi connectivity index (χ0v) is 16.5. The van der Waals surface area contributed by atoms with Gasteiger partial charge in [0.25, 0.3) is 0 Å². The van der Waals surface area contributed by atoms with Crippen LogP contribution < -0.4 is 5.32 Å². The predicted molar refractivity (Wildman–Crippen MR) is 103 cm³/mol. The van der Waals surface area contributed by atoms with Crippen molar-refractivity contribution in [3.8, 4) is 0 Å². The summed E-state index contributed by atoms with van der Waals surface area (Å²) in [5.74, 6) is 5.11. The quantitative estimate of drug-likeness (QED) is 0.644. The molecule has 2 aliphatic heterocycles. The van der Waals surface area contributed by atoms with Gasteiger partial charge in [-0.15, -0.1) is 23.5 Å². The van der Waals surface area contributed by atoms with Crippen LogP contribution in [0.1, 0.15) is 52.4 Å². The first-order valence-corrected chi connectivity index (χ1v) is 11.7. The monoisotopic (exact) mass is 363 g/mol. The third-order valence-electron chi connectivity index (χ3n) is 8.29. The van der Waals surface area contributed by atoms with Gasteiger partial charge in [-0.3, -0.25) is 4.79 Å². The molecule has 0 aromatic carbocycles. The van der Waals surface area contributed by atoms with Crippen LogP contribution in [0.4, 0.5) is 0 Å². The van der Waals surface area contributed by atoms with Gasteiger partial charge in [0.2, 0.25) is 5.91 Å². The topological polar surface area (TPSA) is 29.1 Å². The van der Waals surface area contributed by atoms with Gasteiger partial charge < -0.3 is 5.32 Å². The Morgan fingerprint density at radius 3 is 2.62 bits per heavy atom. The lowest BCUT2D eigenvalue weighted by Crippen LogP contribution is -2.51. The highest BCUT2D eigenvalue weighted by atomic mass is 32.2. The fourth-order valence-electron chi connectivity index (χ4n) is 6.76. The van der Waals surface area contributed by atoms with Crippen molar-refractivity contribution in [2.24, 2.45) is 28.6 Å². The van der Waals surface area contributed by atoms with E-state index in [-0.39, 0.29) is 5.41 Å². The van der Waals surface area contributed by atoms with Crippen LogP contribution in [0.2, 0.25) is 0 Å². The van der Waals surface area contributed by atoms with Gasteiger partial charge in [-0.2, -0.15) is 0 Å². The Morgan fingerprint density at radius 2 is 1.83 bits per heavy atom. The molecule has 3 aliphatic carbocycles. The summed E-state index contributed by atoms with van der Waals surface area (Å²) in [6, 6.07) is 0. The van der Waals surface area contributed by atoms with Crippen LogP contribution in [0.15, 0.2) is 11.6 Å². The minimum atomic E-state index is -0.0776. The minimum Gasteiger partial charge on any atom is -0.355 e. The third kappa shape index (κ3) is 2.02. The van der Waals surface area contributed by atoms with Gasteiger partial charge >= 0.3 is 0 Å². The molecule has 4 fully saturated rings. The van der Waals surface area contributed by atoms with Crippen LogP contribution in [-0.2, 0) is 4.79 Å². The van der Waals surface area contributed by atoms with Gasteiger partial charge in [-0.25, -0.2) is 0 Å². The Balaban J connectivity index is 1.48. The fraction of sp³-hybridized carbons (Fsp3) is 0.850. The molecule has 1 N–H and O–H groups in total. The Bertz CT molecular complexity index is 611. The van der Waals surface area contributed by atoms with Gasteiger partial charge in [0, 0.05) is 18.1 Å². The van der Waals surface area contributed by atoms with Crippen molar-refractivity contribution < 1.29 is 4.79 Å². The highest BCUT2D eigenvalue weighted by Crippen LogP contribution is 2.65. The van der Waals surface area contributed by atoms with Crippen molar-refractivity contribution in [1.29, 1.82) is 0 Å². The molecular formula is C20H29NOS2. The van der Waals surface area contributed by atoms with E-state index in [9.17, 15) is 4.79 Å². The molecule has 132 valence electrons. The SMILES string of the molecule is C[C@]12CCC3(C=C1CC[C@@H]1[C@@H]2CC[C@]2(C)C(=O)NC[C@@H]12)SCCS3. The number of allylic oxidation sites excluding steroid dienone is 1. The molecule has 4 heteroatoms. The highest BCUT2D eigenvalue weighted by molar-refractivity contribution is 8.21. The number of hydrogen-bond acceptors (Lipinski definition) is 3. The summed E-state index contributed by atoms with van der Waals surface area (Å²) in [6.07, 6.45) is 10.4. The number of thioether (sulfide) groups is 2. The summed E-state index contributed by atoms with van der Waals surface area (Å²) in [7, 11) is 0. The molecule has 24 heavy (non-hydrogen) atoms. The normalized spacial score (nSPS) is 49.2. The minimum absolute atomic E-state index is 0.0776. The Hall–Kier alpha value is -0.0900. The molecule has 0 aromatic rings. The summed E-state index contributed by atoms with van der Waals surface area (Å²) < 4.78 is 0.412. The van der Waals surface area contributed by atoms with E-state index in [0.29, 0.717) is 21.3 Å². The first kappa shape index (κ1) is 16.1. The number of fused-ring (bicyclic) bond motifs is 5. The smallest absolute Gasteiger partial charge is 0.226 e. The summed E-state index contributed by atoms with van der Waals surface area (Å²) >= 11 is 4.39.